The van der Waals surface area contributed by atoms with E-state index in [4.69, 9.17) is 9.84 Å². The predicted molar refractivity (Wildman–Crippen MR) is 66.0 cm³/mol. The number of benzene rings is 1. The van der Waals surface area contributed by atoms with E-state index in [1.165, 1.54) is 0 Å². The molecule has 0 saturated carbocycles. The lowest BCUT2D eigenvalue weighted by Gasteiger charge is -2.16. The fraction of sp³-hybridized carbons (Fsp3) is 0.417. The minimum absolute atomic E-state index is 0.00931. The molecule has 0 radical (unpaired) electrons. The van der Waals surface area contributed by atoms with Gasteiger partial charge in [0.1, 0.15) is 5.75 Å². The maximum Gasteiger partial charge on any atom is 0.303 e. The fourth-order valence-corrected chi connectivity index (χ4v) is 2.09. The van der Waals surface area contributed by atoms with Crippen LogP contribution in [0.4, 0.5) is 0 Å². The highest BCUT2D eigenvalue weighted by Crippen LogP contribution is 2.33. The zero-order valence-electron chi connectivity index (χ0n) is 9.37. The third-order valence-corrected chi connectivity index (χ3v) is 3.04. The number of methoxy groups -OCH3 is 1. The highest BCUT2D eigenvalue weighted by Gasteiger charge is 2.17. The van der Waals surface area contributed by atoms with Crippen molar-refractivity contribution in [3.8, 4) is 5.75 Å². The number of hydrogen-bond acceptors (Lipinski definition) is 2. The summed E-state index contributed by atoms with van der Waals surface area (Å²) in [7, 11) is 1.60. The van der Waals surface area contributed by atoms with E-state index in [0.29, 0.717) is 0 Å². The maximum absolute atomic E-state index is 10.8. The summed E-state index contributed by atoms with van der Waals surface area (Å²) in [6, 6.07) is 5.66. The quantitative estimate of drug-likeness (QED) is 0.902. The average Bonchev–Trinajstić information content (AvgIpc) is 2.25. The van der Waals surface area contributed by atoms with Crippen molar-refractivity contribution in [3.63, 3.8) is 0 Å². The van der Waals surface area contributed by atoms with E-state index in [1.807, 2.05) is 25.1 Å². The first kappa shape index (κ1) is 13.0. The van der Waals surface area contributed by atoms with Gasteiger partial charge in [0.15, 0.2) is 0 Å². The number of hydrogen-bond donors (Lipinski definition) is 1. The Hall–Kier alpha value is -1.03. The number of rotatable bonds is 5. The van der Waals surface area contributed by atoms with Crippen molar-refractivity contribution in [1.29, 1.82) is 0 Å². The van der Waals surface area contributed by atoms with E-state index in [1.54, 1.807) is 7.11 Å². The molecule has 0 aromatic heterocycles. The first-order chi connectivity index (χ1) is 7.58. The van der Waals surface area contributed by atoms with Gasteiger partial charge in [0, 0.05) is 4.47 Å². The van der Waals surface area contributed by atoms with Crippen LogP contribution in [-0.2, 0) is 4.79 Å². The molecule has 0 spiro atoms. The Morgan fingerprint density at radius 3 is 2.75 bits per heavy atom. The minimum Gasteiger partial charge on any atom is -0.496 e. The second-order valence-electron chi connectivity index (χ2n) is 3.59. The SMILES string of the molecule is CC[C@@H](CC(=O)O)c1cc(Br)ccc1OC. The number of aliphatic carboxylic acids is 1. The molecular formula is C12H15BrO3. The number of carboxylic acid groups (broad SMARTS) is 1. The fourth-order valence-electron chi connectivity index (χ4n) is 1.71. The van der Waals surface area contributed by atoms with Gasteiger partial charge in [-0.15, -0.1) is 0 Å². The smallest absolute Gasteiger partial charge is 0.303 e. The Kier molecular flexibility index (Phi) is 4.80. The lowest BCUT2D eigenvalue weighted by molar-refractivity contribution is -0.137. The molecule has 4 heteroatoms. The minimum atomic E-state index is -0.783. The molecule has 0 aliphatic carbocycles. The Labute approximate surface area is 104 Å². The van der Waals surface area contributed by atoms with E-state index in [-0.39, 0.29) is 12.3 Å². The van der Waals surface area contributed by atoms with Gasteiger partial charge in [0.05, 0.1) is 13.5 Å². The van der Waals surface area contributed by atoms with Gasteiger partial charge in [-0.25, -0.2) is 0 Å². The topological polar surface area (TPSA) is 46.5 Å². The number of carbonyl (C=O) groups is 1. The molecule has 0 amide bonds. The molecule has 1 atom stereocenters. The lowest BCUT2D eigenvalue weighted by atomic mass is 9.92. The molecule has 88 valence electrons. The highest BCUT2D eigenvalue weighted by molar-refractivity contribution is 9.10. The van der Waals surface area contributed by atoms with Crippen LogP contribution in [0.5, 0.6) is 5.75 Å². The van der Waals surface area contributed by atoms with Gasteiger partial charge >= 0.3 is 5.97 Å². The normalized spacial score (nSPS) is 12.2. The number of carboxylic acids is 1. The molecule has 0 heterocycles. The van der Waals surface area contributed by atoms with Crippen molar-refractivity contribution in [1.82, 2.24) is 0 Å². The van der Waals surface area contributed by atoms with Gasteiger partial charge in [-0.2, -0.15) is 0 Å². The van der Waals surface area contributed by atoms with Crippen molar-refractivity contribution in [2.75, 3.05) is 7.11 Å². The number of ether oxygens (including phenoxy) is 1. The Morgan fingerprint density at radius 2 is 2.25 bits per heavy atom. The third-order valence-electron chi connectivity index (χ3n) is 2.55. The number of halogens is 1. The zero-order chi connectivity index (χ0) is 12.1. The maximum atomic E-state index is 10.8. The van der Waals surface area contributed by atoms with Crippen molar-refractivity contribution in [3.05, 3.63) is 28.2 Å². The van der Waals surface area contributed by atoms with Crippen LogP contribution < -0.4 is 4.74 Å². The molecule has 16 heavy (non-hydrogen) atoms. The average molecular weight is 287 g/mol. The standard InChI is InChI=1S/C12H15BrO3/c1-3-8(6-12(14)15)10-7-9(13)4-5-11(10)16-2/h4-5,7-8H,3,6H2,1-2H3,(H,14,15)/t8-/m0/s1. The van der Waals surface area contributed by atoms with Crippen LogP contribution in [0.1, 0.15) is 31.2 Å². The summed E-state index contributed by atoms with van der Waals surface area (Å²) in [6.45, 7) is 1.98. The molecular weight excluding hydrogens is 272 g/mol. The van der Waals surface area contributed by atoms with Crippen LogP contribution in [0.3, 0.4) is 0 Å². The van der Waals surface area contributed by atoms with Gasteiger partial charge in [0.2, 0.25) is 0 Å². The summed E-state index contributed by atoms with van der Waals surface area (Å²) in [5.74, 6) is -0.0462. The Balaban J connectivity index is 3.06. The summed E-state index contributed by atoms with van der Waals surface area (Å²) < 4.78 is 6.19. The van der Waals surface area contributed by atoms with Gasteiger partial charge in [-0.05, 0) is 36.1 Å². The van der Waals surface area contributed by atoms with E-state index in [2.05, 4.69) is 15.9 Å². The summed E-state index contributed by atoms with van der Waals surface area (Å²) >= 11 is 3.39. The van der Waals surface area contributed by atoms with Crippen LogP contribution in [0, 0.1) is 0 Å². The zero-order valence-corrected chi connectivity index (χ0v) is 11.0. The molecule has 1 N–H and O–H groups in total. The van der Waals surface area contributed by atoms with Gasteiger partial charge in [0.25, 0.3) is 0 Å². The van der Waals surface area contributed by atoms with Crippen molar-refractivity contribution < 1.29 is 14.6 Å². The van der Waals surface area contributed by atoms with E-state index < -0.39 is 5.97 Å². The second-order valence-corrected chi connectivity index (χ2v) is 4.50. The monoisotopic (exact) mass is 286 g/mol. The molecule has 1 aromatic rings. The summed E-state index contributed by atoms with van der Waals surface area (Å²) in [6.07, 6.45) is 0.905. The Bertz CT molecular complexity index is 377. The Morgan fingerprint density at radius 1 is 1.56 bits per heavy atom. The molecule has 0 unspecified atom stereocenters. The summed E-state index contributed by atoms with van der Waals surface area (Å²) in [5.41, 5.74) is 0.946. The molecule has 0 fully saturated rings. The highest BCUT2D eigenvalue weighted by atomic mass is 79.9. The summed E-state index contributed by atoms with van der Waals surface area (Å²) in [5, 5.41) is 8.86. The largest absolute Gasteiger partial charge is 0.496 e. The van der Waals surface area contributed by atoms with Gasteiger partial charge in [-0.1, -0.05) is 22.9 Å². The lowest BCUT2D eigenvalue weighted by Crippen LogP contribution is -2.07. The molecule has 0 aliphatic rings. The predicted octanol–water partition coefficient (Wildman–Crippen LogP) is 3.43. The van der Waals surface area contributed by atoms with Gasteiger partial charge < -0.3 is 9.84 Å². The van der Waals surface area contributed by atoms with Crippen LogP contribution >= 0.6 is 15.9 Å². The first-order valence-corrected chi connectivity index (χ1v) is 5.93. The first-order valence-electron chi connectivity index (χ1n) is 5.13. The van der Waals surface area contributed by atoms with Crippen molar-refractivity contribution in [2.45, 2.75) is 25.7 Å². The molecule has 1 rings (SSSR count). The molecule has 0 bridgehead atoms. The van der Waals surface area contributed by atoms with Gasteiger partial charge in [-0.3, -0.25) is 4.79 Å². The molecule has 0 aliphatic heterocycles. The van der Waals surface area contributed by atoms with E-state index >= 15 is 0 Å². The van der Waals surface area contributed by atoms with Crippen LogP contribution in [0.25, 0.3) is 0 Å². The van der Waals surface area contributed by atoms with Crippen LogP contribution in [-0.4, -0.2) is 18.2 Å². The van der Waals surface area contributed by atoms with E-state index in [9.17, 15) is 4.79 Å². The second kappa shape index (κ2) is 5.89. The molecule has 3 nitrogen and oxygen atoms in total. The third kappa shape index (κ3) is 3.23. The molecule has 1 aromatic carbocycles. The van der Waals surface area contributed by atoms with Crippen molar-refractivity contribution >= 4 is 21.9 Å². The van der Waals surface area contributed by atoms with Crippen LogP contribution in [0.2, 0.25) is 0 Å². The molecule has 0 saturated heterocycles. The van der Waals surface area contributed by atoms with Crippen LogP contribution in [0.15, 0.2) is 22.7 Å². The van der Waals surface area contributed by atoms with Crippen molar-refractivity contribution in [2.24, 2.45) is 0 Å². The van der Waals surface area contributed by atoms with E-state index in [0.717, 1.165) is 22.2 Å². The summed E-state index contributed by atoms with van der Waals surface area (Å²) in [4.78, 5) is 10.8.